The fraction of sp³-hybridized carbons (Fsp3) is 0.800. The Kier molecular flexibility index (Phi) is 3.87. The highest BCUT2D eigenvalue weighted by molar-refractivity contribution is 4.89. The van der Waals surface area contributed by atoms with E-state index in [1.54, 1.807) is 6.92 Å². The number of morpholine rings is 1. The van der Waals surface area contributed by atoms with Crippen LogP contribution in [0.5, 0.6) is 0 Å². The third kappa shape index (κ3) is 3.01. The van der Waals surface area contributed by atoms with Crippen LogP contribution >= 0.6 is 0 Å². The molecular formula is C10H17N3O3. The van der Waals surface area contributed by atoms with Crippen LogP contribution in [0.4, 0.5) is 0 Å². The maximum Gasteiger partial charge on any atom is 0.228 e. The predicted molar refractivity (Wildman–Crippen MR) is 55.9 cm³/mol. The third-order valence-corrected chi connectivity index (χ3v) is 2.60. The molecule has 1 atom stereocenters. The Balaban J connectivity index is 1.79. The van der Waals surface area contributed by atoms with Gasteiger partial charge in [0.25, 0.3) is 0 Å². The highest BCUT2D eigenvalue weighted by Gasteiger charge is 2.14. The molecular weight excluding hydrogens is 210 g/mol. The van der Waals surface area contributed by atoms with E-state index in [0.717, 1.165) is 39.3 Å². The molecule has 0 aromatic carbocycles. The van der Waals surface area contributed by atoms with Crippen molar-refractivity contribution < 1.29 is 14.4 Å². The van der Waals surface area contributed by atoms with Gasteiger partial charge in [0.2, 0.25) is 5.89 Å². The van der Waals surface area contributed by atoms with Gasteiger partial charge in [0.05, 0.1) is 13.2 Å². The number of rotatable bonds is 4. The number of aliphatic hydroxyl groups excluding tert-OH is 1. The zero-order chi connectivity index (χ0) is 11.4. The SMILES string of the molecule is CC(O)c1noc(CCN2CCOCC2)n1. The molecule has 1 aliphatic rings. The van der Waals surface area contributed by atoms with Crippen molar-refractivity contribution in [2.24, 2.45) is 0 Å². The molecule has 0 saturated carbocycles. The van der Waals surface area contributed by atoms with Gasteiger partial charge in [-0.3, -0.25) is 4.90 Å². The lowest BCUT2D eigenvalue weighted by molar-refractivity contribution is 0.0375. The molecule has 16 heavy (non-hydrogen) atoms. The second-order valence-corrected chi connectivity index (χ2v) is 3.93. The van der Waals surface area contributed by atoms with Crippen LogP contribution < -0.4 is 0 Å². The minimum atomic E-state index is -0.666. The number of nitrogens with zero attached hydrogens (tertiary/aromatic N) is 3. The Morgan fingerprint density at radius 1 is 1.44 bits per heavy atom. The van der Waals surface area contributed by atoms with E-state index >= 15 is 0 Å². The number of aromatic nitrogens is 2. The molecule has 0 spiro atoms. The van der Waals surface area contributed by atoms with Gasteiger partial charge in [-0.15, -0.1) is 0 Å². The van der Waals surface area contributed by atoms with Crippen LogP contribution in [0.1, 0.15) is 24.7 Å². The van der Waals surface area contributed by atoms with E-state index in [2.05, 4.69) is 15.0 Å². The summed E-state index contributed by atoms with van der Waals surface area (Å²) in [5.74, 6) is 0.944. The summed E-state index contributed by atoms with van der Waals surface area (Å²) in [4.78, 5) is 6.41. The summed E-state index contributed by atoms with van der Waals surface area (Å²) in [6, 6.07) is 0. The lowest BCUT2D eigenvalue weighted by atomic mass is 10.3. The van der Waals surface area contributed by atoms with Crippen molar-refractivity contribution in [2.75, 3.05) is 32.8 Å². The van der Waals surface area contributed by atoms with Crippen LogP contribution in [0.3, 0.4) is 0 Å². The van der Waals surface area contributed by atoms with E-state index in [-0.39, 0.29) is 0 Å². The van der Waals surface area contributed by atoms with Crippen molar-refractivity contribution in [3.8, 4) is 0 Å². The Morgan fingerprint density at radius 3 is 2.81 bits per heavy atom. The maximum absolute atomic E-state index is 9.24. The van der Waals surface area contributed by atoms with E-state index < -0.39 is 6.10 Å². The second-order valence-electron chi connectivity index (χ2n) is 3.93. The van der Waals surface area contributed by atoms with Gasteiger partial charge >= 0.3 is 0 Å². The molecule has 1 unspecified atom stereocenters. The Morgan fingerprint density at radius 2 is 2.19 bits per heavy atom. The third-order valence-electron chi connectivity index (χ3n) is 2.60. The smallest absolute Gasteiger partial charge is 0.228 e. The maximum atomic E-state index is 9.24. The zero-order valence-electron chi connectivity index (χ0n) is 9.43. The molecule has 1 aromatic heterocycles. The molecule has 6 heteroatoms. The highest BCUT2D eigenvalue weighted by atomic mass is 16.5. The summed E-state index contributed by atoms with van der Waals surface area (Å²) in [5, 5.41) is 12.9. The van der Waals surface area contributed by atoms with Crippen LogP contribution in [0.2, 0.25) is 0 Å². The summed E-state index contributed by atoms with van der Waals surface area (Å²) in [6.07, 6.45) is 0.0561. The molecule has 0 amide bonds. The first-order valence-corrected chi connectivity index (χ1v) is 5.56. The van der Waals surface area contributed by atoms with Gasteiger partial charge in [0.15, 0.2) is 5.82 Å². The van der Waals surface area contributed by atoms with Crippen molar-refractivity contribution in [3.63, 3.8) is 0 Å². The fourth-order valence-electron chi connectivity index (χ4n) is 1.62. The van der Waals surface area contributed by atoms with Crippen LogP contribution in [0.15, 0.2) is 4.52 Å². The summed E-state index contributed by atoms with van der Waals surface area (Å²) < 4.78 is 10.3. The first-order valence-electron chi connectivity index (χ1n) is 5.56. The minimum Gasteiger partial charge on any atom is -0.385 e. The van der Waals surface area contributed by atoms with Crippen molar-refractivity contribution >= 4 is 0 Å². The average molecular weight is 227 g/mol. The summed E-state index contributed by atoms with van der Waals surface area (Å²) in [7, 11) is 0. The minimum absolute atomic E-state index is 0.358. The molecule has 6 nitrogen and oxygen atoms in total. The highest BCUT2D eigenvalue weighted by Crippen LogP contribution is 2.08. The lowest BCUT2D eigenvalue weighted by Gasteiger charge is -2.25. The topological polar surface area (TPSA) is 71.6 Å². The number of hydrogen-bond donors (Lipinski definition) is 1. The molecule has 2 heterocycles. The van der Waals surface area contributed by atoms with Crippen molar-refractivity contribution in [1.29, 1.82) is 0 Å². The quantitative estimate of drug-likeness (QED) is 0.780. The number of aliphatic hydroxyl groups is 1. The van der Waals surface area contributed by atoms with Crippen molar-refractivity contribution in [2.45, 2.75) is 19.4 Å². The van der Waals surface area contributed by atoms with Gasteiger partial charge < -0.3 is 14.4 Å². The first kappa shape index (κ1) is 11.5. The van der Waals surface area contributed by atoms with Crippen LogP contribution in [0.25, 0.3) is 0 Å². The molecule has 1 N–H and O–H groups in total. The van der Waals surface area contributed by atoms with E-state index in [1.165, 1.54) is 0 Å². The molecule has 0 bridgehead atoms. The number of ether oxygens (including phenoxy) is 1. The molecule has 1 aromatic rings. The monoisotopic (exact) mass is 227 g/mol. The van der Waals surface area contributed by atoms with Crippen LogP contribution in [0, 0.1) is 0 Å². The fourth-order valence-corrected chi connectivity index (χ4v) is 1.62. The summed E-state index contributed by atoms with van der Waals surface area (Å²) in [5.41, 5.74) is 0. The lowest BCUT2D eigenvalue weighted by Crippen LogP contribution is -2.37. The van der Waals surface area contributed by atoms with E-state index in [1.807, 2.05) is 0 Å². The van der Waals surface area contributed by atoms with Gasteiger partial charge in [0, 0.05) is 26.1 Å². The molecule has 1 saturated heterocycles. The van der Waals surface area contributed by atoms with E-state index in [0.29, 0.717) is 11.7 Å². The van der Waals surface area contributed by atoms with Crippen LogP contribution in [-0.2, 0) is 11.2 Å². The normalized spacial score (nSPS) is 19.9. The predicted octanol–water partition coefficient (Wildman–Crippen LogP) is -0.00240. The summed E-state index contributed by atoms with van der Waals surface area (Å²) in [6.45, 7) is 6.02. The van der Waals surface area contributed by atoms with Gasteiger partial charge in [-0.25, -0.2) is 0 Å². The molecule has 1 fully saturated rings. The van der Waals surface area contributed by atoms with E-state index in [4.69, 9.17) is 9.26 Å². The molecule has 0 aliphatic carbocycles. The molecule has 90 valence electrons. The number of hydrogen-bond acceptors (Lipinski definition) is 6. The largest absolute Gasteiger partial charge is 0.385 e. The van der Waals surface area contributed by atoms with Gasteiger partial charge in [-0.05, 0) is 6.92 Å². The molecule has 1 aliphatic heterocycles. The standard InChI is InChI=1S/C10H17N3O3/c1-8(14)10-11-9(16-12-10)2-3-13-4-6-15-7-5-13/h8,14H,2-7H2,1H3. The Hall–Kier alpha value is -0.980. The van der Waals surface area contributed by atoms with Gasteiger partial charge in [-0.1, -0.05) is 5.16 Å². The Bertz CT molecular complexity index is 321. The Labute approximate surface area is 94.2 Å². The summed E-state index contributed by atoms with van der Waals surface area (Å²) >= 11 is 0. The average Bonchev–Trinajstić information content (AvgIpc) is 2.76. The van der Waals surface area contributed by atoms with Gasteiger partial charge in [0.1, 0.15) is 6.10 Å². The van der Waals surface area contributed by atoms with Crippen LogP contribution in [-0.4, -0.2) is 53.0 Å². The first-order chi connectivity index (χ1) is 7.75. The van der Waals surface area contributed by atoms with Gasteiger partial charge in [-0.2, -0.15) is 4.98 Å². The van der Waals surface area contributed by atoms with Crippen molar-refractivity contribution in [1.82, 2.24) is 15.0 Å². The van der Waals surface area contributed by atoms with Crippen molar-refractivity contribution in [3.05, 3.63) is 11.7 Å². The molecule has 2 rings (SSSR count). The second kappa shape index (κ2) is 5.38. The van der Waals surface area contributed by atoms with E-state index in [9.17, 15) is 5.11 Å². The zero-order valence-corrected chi connectivity index (χ0v) is 9.43. The molecule has 0 radical (unpaired) electrons.